The van der Waals surface area contributed by atoms with E-state index >= 15 is 0 Å². The Kier molecular flexibility index (Phi) is 4.51. The average Bonchev–Trinajstić information content (AvgIpc) is 2.99. The van der Waals surface area contributed by atoms with Crippen molar-refractivity contribution in [3.8, 4) is 22.4 Å². The Morgan fingerprint density at radius 1 is 1.00 bits per heavy atom. The molecule has 2 aromatic carbocycles. The van der Waals surface area contributed by atoms with Gasteiger partial charge in [0, 0.05) is 12.0 Å². The predicted molar refractivity (Wildman–Crippen MR) is 92.7 cm³/mol. The summed E-state index contributed by atoms with van der Waals surface area (Å²) in [6, 6.07) is 16.2. The third-order valence-electron chi connectivity index (χ3n) is 3.76. The summed E-state index contributed by atoms with van der Waals surface area (Å²) in [6.07, 6.45) is 1.68. The quantitative estimate of drug-likeness (QED) is 0.767. The number of benzene rings is 2. The standard InChI is InChI=1S/C18H18N2O3S/c1-2-6-16-17(13-9-11-15(12-10-13)24(19,21)22)18(20-23-16)14-7-4-3-5-8-14/h3-5,7-12H,2,6H2,1H3,(H2,19,21,22). The second kappa shape index (κ2) is 6.59. The van der Waals surface area contributed by atoms with E-state index in [1.165, 1.54) is 12.1 Å². The highest BCUT2D eigenvalue weighted by Gasteiger charge is 2.19. The summed E-state index contributed by atoms with van der Waals surface area (Å²) >= 11 is 0. The average molecular weight is 342 g/mol. The van der Waals surface area contributed by atoms with Crippen molar-refractivity contribution in [2.75, 3.05) is 0 Å². The van der Waals surface area contributed by atoms with Crippen LogP contribution in [0.3, 0.4) is 0 Å². The third-order valence-corrected chi connectivity index (χ3v) is 4.69. The molecule has 0 aliphatic rings. The first-order valence-electron chi connectivity index (χ1n) is 7.68. The van der Waals surface area contributed by atoms with E-state index in [9.17, 15) is 8.42 Å². The number of nitrogens with two attached hydrogens (primary N) is 1. The summed E-state index contributed by atoms with van der Waals surface area (Å²) < 4.78 is 28.4. The second-order valence-electron chi connectivity index (χ2n) is 5.51. The fourth-order valence-corrected chi connectivity index (χ4v) is 3.14. The SMILES string of the molecule is CCCc1onc(-c2ccccc2)c1-c1ccc(S(N)(=O)=O)cc1. The normalized spacial score (nSPS) is 11.6. The van der Waals surface area contributed by atoms with E-state index in [1.807, 2.05) is 30.3 Å². The van der Waals surface area contributed by atoms with Crippen LogP contribution in [0.25, 0.3) is 22.4 Å². The van der Waals surface area contributed by atoms with Crippen molar-refractivity contribution < 1.29 is 12.9 Å². The molecule has 0 aliphatic heterocycles. The molecule has 0 fully saturated rings. The number of aryl methyl sites for hydroxylation is 1. The fourth-order valence-electron chi connectivity index (χ4n) is 2.62. The summed E-state index contributed by atoms with van der Waals surface area (Å²) in [6.45, 7) is 2.07. The van der Waals surface area contributed by atoms with Crippen molar-refractivity contribution in [2.45, 2.75) is 24.7 Å². The summed E-state index contributed by atoms with van der Waals surface area (Å²) in [7, 11) is -3.71. The number of nitrogens with zero attached hydrogens (tertiary/aromatic N) is 1. The highest BCUT2D eigenvalue weighted by molar-refractivity contribution is 7.89. The lowest BCUT2D eigenvalue weighted by atomic mass is 9.98. The van der Waals surface area contributed by atoms with Crippen LogP contribution in [0, 0.1) is 0 Å². The molecule has 0 spiro atoms. The largest absolute Gasteiger partial charge is 0.360 e. The van der Waals surface area contributed by atoms with E-state index < -0.39 is 10.0 Å². The molecule has 0 bridgehead atoms. The van der Waals surface area contributed by atoms with Gasteiger partial charge in [0.15, 0.2) is 0 Å². The Labute approximate surface area is 141 Å². The molecule has 3 rings (SSSR count). The van der Waals surface area contributed by atoms with Crippen molar-refractivity contribution in [3.63, 3.8) is 0 Å². The maximum atomic E-state index is 11.4. The highest BCUT2D eigenvalue weighted by Crippen LogP contribution is 2.35. The third kappa shape index (κ3) is 3.25. The molecule has 1 aromatic heterocycles. The van der Waals surface area contributed by atoms with Gasteiger partial charge >= 0.3 is 0 Å². The lowest BCUT2D eigenvalue weighted by Crippen LogP contribution is -2.11. The van der Waals surface area contributed by atoms with Gasteiger partial charge in [0.25, 0.3) is 0 Å². The van der Waals surface area contributed by atoms with Crippen molar-refractivity contribution in [1.82, 2.24) is 5.16 Å². The Morgan fingerprint density at radius 3 is 2.25 bits per heavy atom. The molecule has 24 heavy (non-hydrogen) atoms. The Morgan fingerprint density at radius 2 is 1.67 bits per heavy atom. The van der Waals surface area contributed by atoms with Crippen LogP contribution < -0.4 is 5.14 Å². The monoisotopic (exact) mass is 342 g/mol. The van der Waals surface area contributed by atoms with Gasteiger partial charge in [0.2, 0.25) is 10.0 Å². The Balaban J connectivity index is 2.13. The number of hydrogen-bond donors (Lipinski definition) is 1. The summed E-state index contributed by atoms with van der Waals surface area (Å²) in [5.74, 6) is 0.791. The molecule has 0 aliphatic carbocycles. The minimum Gasteiger partial charge on any atom is -0.360 e. The molecule has 3 aromatic rings. The van der Waals surface area contributed by atoms with Gasteiger partial charge in [0.05, 0.1) is 10.5 Å². The van der Waals surface area contributed by atoms with Crippen LogP contribution in [0.5, 0.6) is 0 Å². The highest BCUT2D eigenvalue weighted by atomic mass is 32.2. The molecule has 0 amide bonds. The van der Waals surface area contributed by atoms with Gasteiger partial charge in [-0.15, -0.1) is 0 Å². The van der Waals surface area contributed by atoms with E-state index in [0.717, 1.165) is 41.0 Å². The zero-order valence-corrected chi connectivity index (χ0v) is 14.1. The number of aromatic nitrogens is 1. The molecule has 1 heterocycles. The molecule has 0 saturated carbocycles. The first kappa shape index (κ1) is 16.4. The van der Waals surface area contributed by atoms with E-state index in [4.69, 9.17) is 9.66 Å². The number of rotatable bonds is 5. The van der Waals surface area contributed by atoms with Gasteiger partial charge in [-0.2, -0.15) is 0 Å². The van der Waals surface area contributed by atoms with Crippen LogP contribution in [0.15, 0.2) is 64.0 Å². The van der Waals surface area contributed by atoms with Crippen LogP contribution in [0.1, 0.15) is 19.1 Å². The maximum absolute atomic E-state index is 11.4. The Hall–Kier alpha value is -2.44. The molecule has 124 valence electrons. The van der Waals surface area contributed by atoms with Gasteiger partial charge < -0.3 is 4.52 Å². The summed E-state index contributed by atoms with van der Waals surface area (Å²) in [4.78, 5) is 0.0843. The lowest BCUT2D eigenvalue weighted by molar-refractivity contribution is 0.385. The first-order valence-corrected chi connectivity index (χ1v) is 9.22. The van der Waals surface area contributed by atoms with E-state index in [2.05, 4.69) is 12.1 Å². The lowest BCUT2D eigenvalue weighted by Gasteiger charge is -2.06. The molecule has 0 unspecified atom stereocenters. The van der Waals surface area contributed by atoms with Gasteiger partial charge in [-0.3, -0.25) is 0 Å². The van der Waals surface area contributed by atoms with Crippen molar-refractivity contribution in [1.29, 1.82) is 0 Å². The van der Waals surface area contributed by atoms with Crippen LogP contribution >= 0.6 is 0 Å². The number of hydrogen-bond acceptors (Lipinski definition) is 4. The van der Waals surface area contributed by atoms with E-state index in [-0.39, 0.29) is 4.90 Å². The van der Waals surface area contributed by atoms with Gasteiger partial charge in [-0.1, -0.05) is 54.5 Å². The van der Waals surface area contributed by atoms with Crippen LogP contribution in [-0.4, -0.2) is 13.6 Å². The van der Waals surface area contributed by atoms with Crippen molar-refractivity contribution in [2.24, 2.45) is 5.14 Å². The van der Waals surface area contributed by atoms with Gasteiger partial charge in [-0.25, -0.2) is 13.6 Å². The minimum atomic E-state index is -3.71. The predicted octanol–water partition coefficient (Wildman–Crippen LogP) is 3.61. The molecular weight excluding hydrogens is 324 g/mol. The fraction of sp³-hybridized carbons (Fsp3) is 0.167. The summed E-state index contributed by atoms with van der Waals surface area (Å²) in [5.41, 5.74) is 3.45. The van der Waals surface area contributed by atoms with Gasteiger partial charge in [0.1, 0.15) is 11.5 Å². The summed E-state index contributed by atoms with van der Waals surface area (Å²) in [5, 5.41) is 9.40. The van der Waals surface area contributed by atoms with Crippen LogP contribution in [0.4, 0.5) is 0 Å². The first-order chi connectivity index (χ1) is 11.5. The molecule has 0 saturated heterocycles. The van der Waals surface area contributed by atoms with Crippen LogP contribution in [0.2, 0.25) is 0 Å². The molecule has 2 N–H and O–H groups in total. The topological polar surface area (TPSA) is 86.2 Å². The van der Waals surface area contributed by atoms with E-state index in [1.54, 1.807) is 12.1 Å². The smallest absolute Gasteiger partial charge is 0.238 e. The molecule has 0 radical (unpaired) electrons. The van der Waals surface area contributed by atoms with Crippen molar-refractivity contribution in [3.05, 3.63) is 60.4 Å². The van der Waals surface area contributed by atoms with Gasteiger partial charge in [-0.05, 0) is 24.1 Å². The van der Waals surface area contributed by atoms with Crippen molar-refractivity contribution >= 4 is 10.0 Å². The molecule has 5 nitrogen and oxygen atoms in total. The number of primary sulfonamides is 1. The zero-order chi connectivity index (χ0) is 17.2. The minimum absolute atomic E-state index is 0.0843. The molecule has 6 heteroatoms. The Bertz CT molecular complexity index is 930. The van der Waals surface area contributed by atoms with Crippen LogP contribution in [-0.2, 0) is 16.4 Å². The maximum Gasteiger partial charge on any atom is 0.238 e. The number of sulfonamides is 1. The molecular formula is C18H18N2O3S. The van der Waals surface area contributed by atoms with E-state index in [0.29, 0.717) is 0 Å². The molecule has 0 atom stereocenters. The zero-order valence-electron chi connectivity index (χ0n) is 13.3. The second-order valence-corrected chi connectivity index (χ2v) is 7.08.